The van der Waals surface area contributed by atoms with E-state index in [0.29, 0.717) is 23.0 Å². The van der Waals surface area contributed by atoms with Crippen molar-refractivity contribution < 1.29 is 9.90 Å². The third-order valence-electron chi connectivity index (χ3n) is 4.91. The number of nitrogens with two attached hydrogens (primary N) is 2. The van der Waals surface area contributed by atoms with Crippen molar-refractivity contribution in [3.63, 3.8) is 0 Å². The van der Waals surface area contributed by atoms with Crippen molar-refractivity contribution in [3.05, 3.63) is 46.8 Å². The van der Waals surface area contributed by atoms with E-state index >= 15 is 0 Å². The minimum atomic E-state index is -0.615. The molecule has 7 nitrogen and oxygen atoms in total. The highest BCUT2D eigenvalue weighted by Gasteiger charge is 2.28. The van der Waals surface area contributed by atoms with Gasteiger partial charge in [-0.15, -0.1) is 11.3 Å². The molecule has 0 aliphatic heterocycles. The van der Waals surface area contributed by atoms with E-state index < -0.39 is 5.91 Å². The van der Waals surface area contributed by atoms with Gasteiger partial charge in [-0.2, -0.15) is 0 Å². The topological polar surface area (TPSA) is 120 Å². The SMILES string of the molecule is CC1=C(n2c(N)c(C(N)=O)c3cc(-c4nccs4)cnc32)C(C)CC=C1O. The first-order valence-corrected chi connectivity index (χ1v) is 9.38. The molecule has 0 aromatic carbocycles. The summed E-state index contributed by atoms with van der Waals surface area (Å²) in [4.78, 5) is 21.0. The van der Waals surface area contributed by atoms with E-state index in [1.807, 2.05) is 25.3 Å². The number of anilines is 1. The van der Waals surface area contributed by atoms with Gasteiger partial charge < -0.3 is 16.6 Å². The molecule has 4 rings (SSSR count). The van der Waals surface area contributed by atoms with E-state index in [4.69, 9.17) is 11.5 Å². The Kier molecular flexibility index (Phi) is 4.00. The number of primary amides is 1. The second kappa shape index (κ2) is 6.24. The van der Waals surface area contributed by atoms with Crippen LogP contribution in [0.15, 0.2) is 41.2 Å². The molecule has 138 valence electrons. The van der Waals surface area contributed by atoms with Gasteiger partial charge in [0.2, 0.25) is 0 Å². The summed E-state index contributed by atoms with van der Waals surface area (Å²) in [5.74, 6) is -0.0719. The molecule has 8 heteroatoms. The van der Waals surface area contributed by atoms with Gasteiger partial charge in [0.1, 0.15) is 22.2 Å². The quantitative estimate of drug-likeness (QED) is 0.641. The van der Waals surface area contributed by atoms with Gasteiger partial charge in [0.25, 0.3) is 5.91 Å². The molecule has 5 N–H and O–H groups in total. The number of carbonyl (C=O) groups excluding carboxylic acids is 1. The number of nitrogens with zero attached hydrogens (tertiary/aromatic N) is 3. The van der Waals surface area contributed by atoms with E-state index in [1.165, 1.54) is 11.3 Å². The smallest absolute Gasteiger partial charge is 0.253 e. The van der Waals surface area contributed by atoms with Gasteiger partial charge >= 0.3 is 0 Å². The number of fused-ring (bicyclic) bond motifs is 1. The Morgan fingerprint density at radius 1 is 1.41 bits per heavy atom. The standard InChI is InChI=1S/C19H19N5O2S/c1-9-3-4-13(25)10(2)15(9)24-16(20)14(17(21)26)12-7-11(8-23-18(12)24)19-22-5-6-27-19/h4-9,25H,3,20H2,1-2H3,(H2,21,26). The third kappa shape index (κ3) is 2.60. The van der Waals surface area contributed by atoms with Crippen LogP contribution in [0.3, 0.4) is 0 Å². The highest BCUT2D eigenvalue weighted by molar-refractivity contribution is 7.13. The van der Waals surface area contributed by atoms with Crippen molar-refractivity contribution in [2.45, 2.75) is 20.3 Å². The summed E-state index contributed by atoms with van der Waals surface area (Å²) < 4.78 is 1.74. The van der Waals surface area contributed by atoms with Crippen molar-refractivity contribution in [2.24, 2.45) is 11.7 Å². The lowest BCUT2D eigenvalue weighted by molar-refractivity contribution is 0.100. The molecule has 1 aliphatic rings. The highest BCUT2D eigenvalue weighted by Crippen LogP contribution is 2.39. The molecular formula is C19H19N5O2S. The van der Waals surface area contributed by atoms with E-state index in [-0.39, 0.29) is 23.1 Å². The van der Waals surface area contributed by atoms with Crippen molar-refractivity contribution in [1.82, 2.24) is 14.5 Å². The van der Waals surface area contributed by atoms with Crippen molar-refractivity contribution in [2.75, 3.05) is 5.73 Å². The Morgan fingerprint density at radius 2 is 2.19 bits per heavy atom. The van der Waals surface area contributed by atoms with Gasteiger partial charge in [-0.3, -0.25) is 9.36 Å². The summed E-state index contributed by atoms with van der Waals surface area (Å²) in [5, 5.41) is 13.5. The minimum absolute atomic E-state index is 0.0972. The van der Waals surface area contributed by atoms with Crippen LogP contribution in [-0.4, -0.2) is 25.5 Å². The van der Waals surface area contributed by atoms with E-state index in [1.54, 1.807) is 23.0 Å². The number of thiazole rings is 1. The number of hydrogen-bond donors (Lipinski definition) is 3. The van der Waals surface area contributed by atoms with Crippen LogP contribution in [0.4, 0.5) is 5.82 Å². The Balaban J connectivity index is 2.05. The molecule has 3 aromatic rings. The number of aliphatic hydroxyl groups excluding tert-OH is 1. The number of amides is 1. The van der Waals surface area contributed by atoms with Crippen LogP contribution < -0.4 is 11.5 Å². The summed E-state index contributed by atoms with van der Waals surface area (Å²) >= 11 is 1.48. The van der Waals surface area contributed by atoms with Crippen molar-refractivity contribution in [3.8, 4) is 10.6 Å². The first kappa shape index (κ1) is 17.3. The molecule has 3 heterocycles. The normalized spacial score (nSPS) is 17.4. The molecule has 1 unspecified atom stereocenters. The molecule has 0 saturated heterocycles. The maximum atomic E-state index is 12.2. The molecule has 1 atom stereocenters. The summed E-state index contributed by atoms with van der Waals surface area (Å²) in [5.41, 5.74) is 15.1. The number of nitrogen functional groups attached to an aromatic ring is 1. The third-order valence-corrected chi connectivity index (χ3v) is 5.73. The van der Waals surface area contributed by atoms with E-state index in [9.17, 15) is 9.90 Å². The highest BCUT2D eigenvalue weighted by atomic mass is 32.1. The number of carbonyl (C=O) groups is 1. The van der Waals surface area contributed by atoms with Gasteiger partial charge in [0, 0.05) is 45.9 Å². The number of aliphatic hydroxyl groups is 1. The van der Waals surface area contributed by atoms with Crippen molar-refractivity contribution in [1.29, 1.82) is 0 Å². The van der Waals surface area contributed by atoms with Crippen LogP contribution in [0.25, 0.3) is 27.3 Å². The molecule has 0 saturated carbocycles. The summed E-state index contributed by atoms with van der Waals surface area (Å²) in [7, 11) is 0. The lowest BCUT2D eigenvalue weighted by Crippen LogP contribution is -2.17. The molecule has 0 radical (unpaired) electrons. The molecular weight excluding hydrogens is 362 g/mol. The fraction of sp³-hybridized carbons (Fsp3) is 0.211. The fourth-order valence-electron chi connectivity index (χ4n) is 3.61. The Bertz CT molecular complexity index is 1120. The maximum Gasteiger partial charge on any atom is 0.253 e. The summed E-state index contributed by atoms with van der Waals surface area (Å²) in [6.07, 6.45) is 5.88. The van der Waals surface area contributed by atoms with Crippen molar-refractivity contribution >= 4 is 39.8 Å². The molecule has 0 fully saturated rings. The molecule has 3 aromatic heterocycles. The second-order valence-electron chi connectivity index (χ2n) is 6.63. The Morgan fingerprint density at radius 3 is 2.85 bits per heavy atom. The number of allylic oxidation sites excluding steroid dienone is 3. The second-order valence-corrected chi connectivity index (χ2v) is 7.52. The monoisotopic (exact) mass is 381 g/mol. The number of aromatic nitrogens is 3. The van der Waals surface area contributed by atoms with Crippen LogP contribution in [0.2, 0.25) is 0 Å². The lowest BCUT2D eigenvalue weighted by atomic mass is 9.93. The Hall–Kier alpha value is -3.13. The van der Waals surface area contributed by atoms with Crippen LogP contribution in [-0.2, 0) is 0 Å². The molecule has 1 amide bonds. The molecule has 0 spiro atoms. The number of pyridine rings is 1. The summed E-state index contributed by atoms with van der Waals surface area (Å²) in [6.45, 7) is 3.87. The number of rotatable bonds is 3. The zero-order valence-corrected chi connectivity index (χ0v) is 15.7. The largest absolute Gasteiger partial charge is 0.508 e. The fourth-order valence-corrected chi connectivity index (χ4v) is 4.23. The average Bonchev–Trinajstić information content (AvgIpc) is 3.25. The number of hydrogen-bond acceptors (Lipinski definition) is 6. The van der Waals surface area contributed by atoms with Gasteiger partial charge in [0.15, 0.2) is 0 Å². The maximum absolute atomic E-state index is 12.2. The predicted octanol–water partition coefficient (Wildman–Crippen LogP) is 3.55. The lowest BCUT2D eigenvalue weighted by Gasteiger charge is -2.24. The van der Waals surface area contributed by atoms with E-state index in [0.717, 1.165) is 16.3 Å². The van der Waals surface area contributed by atoms with E-state index in [2.05, 4.69) is 9.97 Å². The molecule has 27 heavy (non-hydrogen) atoms. The van der Waals surface area contributed by atoms with Crippen LogP contribution in [0, 0.1) is 5.92 Å². The predicted molar refractivity (Wildman–Crippen MR) is 107 cm³/mol. The Labute approximate surface area is 159 Å². The zero-order chi connectivity index (χ0) is 19.3. The summed E-state index contributed by atoms with van der Waals surface area (Å²) in [6, 6.07) is 1.84. The minimum Gasteiger partial charge on any atom is -0.508 e. The van der Waals surface area contributed by atoms with Gasteiger partial charge in [-0.1, -0.05) is 6.92 Å². The molecule has 0 bridgehead atoms. The first-order valence-electron chi connectivity index (χ1n) is 8.50. The average molecular weight is 381 g/mol. The van der Waals surface area contributed by atoms with Crippen LogP contribution in [0.5, 0.6) is 0 Å². The van der Waals surface area contributed by atoms with Crippen LogP contribution >= 0.6 is 11.3 Å². The molecule has 1 aliphatic carbocycles. The zero-order valence-electron chi connectivity index (χ0n) is 14.9. The van der Waals surface area contributed by atoms with Gasteiger partial charge in [0.05, 0.1) is 5.56 Å². The van der Waals surface area contributed by atoms with Gasteiger partial charge in [-0.05, 0) is 25.5 Å². The van der Waals surface area contributed by atoms with Gasteiger partial charge in [-0.25, -0.2) is 9.97 Å². The first-order chi connectivity index (χ1) is 12.9. The van der Waals surface area contributed by atoms with Crippen LogP contribution in [0.1, 0.15) is 30.6 Å².